The van der Waals surface area contributed by atoms with Crippen LogP contribution in [-0.4, -0.2) is 33.5 Å². The minimum absolute atomic E-state index is 0.200. The van der Waals surface area contributed by atoms with Crippen LogP contribution < -0.4 is 14.8 Å². The van der Waals surface area contributed by atoms with Gasteiger partial charge in [-0.3, -0.25) is 0 Å². The van der Waals surface area contributed by atoms with Crippen LogP contribution in [0.4, 0.5) is 0 Å². The van der Waals surface area contributed by atoms with Crippen LogP contribution in [0.1, 0.15) is 32.3 Å². The van der Waals surface area contributed by atoms with Crippen molar-refractivity contribution in [1.29, 1.82) is 0 Å². The number of rotatable bonds is 10. The maximum atomic E-state index is 5.97. The maximum absolute atomic E-state index is 5.97. The van der Waals surface area contributed by atoms with Gasteiger partial charge < -0.3 is 19.5 Å². The van der Waals surface area contributed by atoms with Crippen molar-refractivity contribution < 1.29 is 14.2 Å². The summed E-state index contributed by atoms with van der Waals surface area (Å²) < 4.78 is 16.3. The number of hydrogen-bond donors (Lipinski definition) is 1. The summed E-state index contributed by atoms with van der Waals surface area (Å²) in [7, 11) is 3.37. The molecule has 4 heteroatoms. The van der Waals surface area contributed by atoms with Gasteiger partial charge in [-0.25, -0.2) is 0 Å². The molecule has 0 saturated heterocycles. The Morgan fingerprint density at radius 2 is 2.00 bits per heavy atom. The number of benzene rings is 1. The molecular formula is C16H27NO3. The number of ether oxygens (including phenoxy) is 3. The third-order valence-corrected chi connectivity index (χ3v) is 3.06. The van der Waals surface area contributed by atoms with Crippen LogP contribution in [0.5, 0.6) is 11.5 Å². The zero-order chi connectivity index (χ0) is 14.8. The summed E-state index contributed by atoms with van der Waals surface area (Å²) in [5.41, 5.74) is 1.18. The van der Waals surface area contributed by atoms with Crippen LogP contribution in [-0.2, 0) is 11.3 Å². The van der Waals surface area contributed by atoms with Gasteiger partial charge in [0.25, 0.3) is 0 Å². The smallest absolute Gasteiger partial charge is 0.161 e. The van der Waals surface area contributed by atoms with Crippen LogP contribution >= 0.6 is 0 Å². The van der Waals surface area contributed by atoms with Crippen LogP contribution in [0.15, 0.2) is 18.2 Å². The molecule has 20 heavy (non-hydrogen) atoms. The molecule has 0 fully saturated rings. The van der Waals surface area contributed by atoms with E-state index in [2.05, 4.69) is 25.2 Å². The van der Waals surface area contributed by atoms with Gasteiger partial charge in [0, 0.05) is 20.2 Å². The zero-order valence-corrected chi connectivity index (χ0v) is 13.1. The highest BCUT2D eigenvalue weighted by molar-refractivity contribution is 5.43. The normalized spacial score (nSPS) is 12.2. The van der Waals surface area contributed by atoms with Gasteiger partial charge in [0.2, 0.25) is 0 Å². The van der Waals surface area contributed by atoms with E-state index < -0.39 is 0 Å². The second-order valence-electron chi connectivity index (χ2n) is 4.87. The lowest BCUT2D eigenvalue weighted by Crippen LogP contribution is -2.18. The largest absolute Gasteiger partial charge is 0.493 e. The molecule has 0 radical (unpaired) electrons. The fourth-order valence-corrected chi connectivity index (χ4v) is 2.01. The van der Waals surface area contributed by atoms with E-state index in [1.165, 1.54) is 5.56 Å². The van der Waals surface area contributed by atoms with E-state index in [-0.39, 0.29) is 6.10 Å². The lowest BCUT2D eigenvalue weighted by molar-refractivity contribution is 0.198. The first kappa shape index (κ1) is 16.8. The average Bonchev–Trinajstić information content (AvgIpc) is 2.44. The van der Waals surface area contributed by atoms with Crippen LogP contribution in [0, 0.1) is 0 Å². The molecule has 0 amide bonds. The Balaban J connectivity index is 2.64. The number of hydrogen-bond acceptors (Lipinski definition) is 4. The van der Waals surface area contributed by atoms with Crippen LogP contribution in [0.25, 0.3) is 0 Å². The standard InChI is InChI=1S/C16H27NO3/c1-5-6-13(2)20-16-11-14(7-8-15(16)19-4)12-17-9-10-18-3/h7-8,11,13,17H,5-6,9-10,12H2,1-4H3. The Morgan fingerprint density at radius 3 is 2.65 bits per heavy atom. The zero-order valence-electron chi connectivity index (χ0n) is 13.1. The highest BCUT2D eigenvalue weighted by atomic mass is 16.5. The first-order valence-corrected chi connectivity index (χ1v) is 7.24. The summed E-state index contributed by atoms with van der Waals surface area (Å²) in [4.78, 5) is 0. The molecular weight excluding hydrogens is 254 g/mol. The van der Waals surface area contributed by atoms with Crippen molar-refractivity contribution in [2.75, 3.05) is 27.4 Å². The van der Waals surface area contributed by atoms with Crippen molar-refractivity contribution >= 4 is 0 Å². The molecule has 0 aromatic heterocycles. The second kappa shape index (κ2) is 9.61. The lowest BCUT2D eigenvalue weighted by atomic mass is 10.2. The van der Waals surface area contributed by atoms with Crippen molar-refractivity contribution in [3.05, 3.63) is 23.8 Å². The summed E-state index contributed by atoms with van der Waals surface area (Å²) in [5, 5.41) is 3.32. The second-order valence-corrected chi connectivity index (χ2v) is 4.87. The maximum Gasteiger partial charge on any atom is 0.161 e. The topological polar surface area (TPSA) is 39.7 Å². The fraction of sp³-hybridized carbons (Fsp3) is 0.625. The Morgan fingerprint density at radius 1 is 1.20 bits per heavy atom. The molecule has 0 aliphatic heterocycles. The summed E-state index contributed by atoms with van der Waals surface area (Å²) in [5.74, 6) is 1.60. The van der Waals surface area contributed by atoms with E-state index in [0.717, 1.165) is 37.4 Å². The molecule has 0 bridgehead atoms. The van der Waals surface area contributed by atoms with E-state index >= 15 is 0 Å². The van der Waals surface area contributed by atoms with Gasteiger partial charge in [0.1, 0.15) is 0 Å². The van der Waals surface area contributed by atoms with Gasteiger partial charge in [0.15, 0.2) is 11.5 Å². The molecule has 1 unspecified atom stereocenters. The lowest BCUT2D eigenvalue weighted by Gasteiger charge is -2.17. The highest BCUT2D eigenvalue weighted by Crippen LogP contribution is 2.29. The number of methoxy groups -OCH3 is 2. The first-order chi connectivity index (χ1) is 9.71. The van der Waals surface area contributed by atoms with Crippen LogP contribution in [0.2, 0.25) is 0 Å². The fourth-order valence-electron chi connectivity index (χ4n) is 2.01. The average molecular weight is 281 g/mol. The van der Waals surface area contributed by atoms with Crippen molar-refractivity contribution in [1.82, 2.24) is 5.32 Å². The van der Waals surface area contributed by atoms with E-state index in [9.17, 15) is 0 Å². The predicted octanol–water partition coefficient (Wildman–Crippen LogP) is 3.00. The summed E-state index contributed by atoms with van der Waals surface area (Å²) in [6.07, 6.45) is 2.35. The molecule has 0 aliphatic carbocycles. The van der Waals surface area contributed by atoms with E-state index in [1.54, 1.807) is 14.2 Å². The van der Waals surface area contributed by atoms with Gasteiger partial charge in [-0.05, 0) is 31.0 Å². The monoisotopic (exact) mass is 281 g/mol. The Kier molecular flexibility index (Phi) is 8.07. The molecule has 114 valence electrons. The van der Waals surface area contributed by atoms with Crippen molar-refractivity contribution in [3.8, 4) is 11.5 Å². The van der Waals surface area contributed by atoms with E-state index in [0.29, 0.717) is 6.61 Å². The first-order valence-electron chi connectivity index (χ1n) is 7.24. The Hall–Kier alpha value is -1.26. The van der Waals surface area contributed by atoms with Crippen molar-refractivity contribution in [3.63, 3.8) is 0 Å². The van der Waals surface area contributed by atoms with Gasteiger partial charge in [-0.2, -0.15) is 0 Å². The molecule has 0 aliphatic rings. The van der Waals surface area contributed by atoms with E-state index in [4.69, 9.17) is 14.2 Å². The molecule has 1 aromatic carbocycles. The Bertz CT molecular complexity index is 382. The van der Waals surface area contributed by atoms with Crippen molar-refractivity contribution in [2.45, 2.75) is 39.3 Å². The van der Waals surface area contributed by atoms with Gasteiger partial charge in [-0.15, -0.1) is 0 Å². The molecule has 0 spiro atoms. The van der Waals surface area contributed by atoms with Gasteiger partial charge >= 0.3 is 0 Å². The predicted molar refractivity (Wildman–Crippen MR) is 81.6 cm³/mol. The van der Waals surface area contributed by atoms with Crippen LogP contribution in [0.3, 0.4) is 0 Å². The molecule has 0 heterocycles. The molecule has 1 N–H and O–H groups in total. The minimum atomic E-state index is 0.200. The third-order valence-electron chi connectivity index (χ3n) is 3.06. The van der Waals surface area contributed by atoms with Gasteiger partial charge in [-0.1, -0.05) is 19.4 Å². The van der Waals surface area contributed by atoms with Crippen molar-refractivity contribution in [2.24, 2.45) is 0 Å². The molecule has 1 aromatic rings. The third kappa shape index (κ3) is 5.80. The minimum Gasteiger partial charge on any atom is -0.493 e. The Labute approximate surface area is 122 Å². The SMILES string of the molecule is CCCC(C)Oc1cc(CNCCOC)ccc1OC. The highest BCUT2D eigenvalue weighted by Gasteiger charge is 2.09. The molecule has 0 saturated carbocycles. The molecule has 1 rings (SSSR count). The molecule has 1 atom stereocenters. The quantitative estimate of drug-likeness (QED) is 0.669. The summed E-state index contributed by atoms with van der Waals surface area (Å²) >= 11 is 0. The summed E-state index contributed by atoms with van der Waals surface area (Å²) in [6.45, 7) is 6.60. The van der Waals surface area contributed by atoms with Gasteiger partial charge in [0.05, 0.1) is 19.8 Å². The number of nitrogens with one attached hydrogen (secondary N) is 1. The molecule has 4 nitrogen and oxygen atoms in total. The van der Waals surface area contributed by atoms with E-state index in [1.807, 2.05) is 12.1 Å². The summed E-state index contributed by atoms with van der Waals surface area (Å²) in [6, 6.07) is 6.06.